The first-order chi connectivity index (χ1) is 8.13. The van der Waals surface area contributed by atoms with E-state index in [9.17, 15) is 9.59 Å². The predicted octanol–water partition coefficient (Wildman–Crippen LogP) is 0.109. The quantitative estimate of drug-likeness (QED) is 0.500. The van der Waals surface area contributed by atoms with E-state index in [0.29, 0.717) is 25.3 Å². The summed E-state index contributed by atoms with van der Waals surface area (Å²) >= 11 is 1.61. The highest BCUT2D eigenvalue weighted by molar-refractivity contribution is 7.99. The molecule has 1 aliphatic rings. The summed E-state index contributed by atoms with van der Waals surface area (Å²) < 4.78 is 9.76. The van der Waals surface area contributed by atoms with E-state index < -0.39 is 6.04 Å². The third kappa shape index (κ3) is 5.27. The third-order valence-corrected chi connectivity index (χ3v) is 3.35. The number of esters is 1. The van der Waals surface area contributed by atoms with Crippen molar-refractivity contribution >= 4 is 23.8 Å². The van der Waals surface area contributed by atoms with Crippen molar-refractivity contribution in [2.24, 2.45) is 5.73 Å². The number of nitrogens with one attached hydrogen (secondary N) is 1. The average molecular weight is 262 g/mol. The van der Waals surface area contributed by atoms with Crippen molar-refractivity contribution in [1.29, 1.82) is 0 Å². The zero-order valence-corrected chi connectivity index (χ0v) is 10.6. The van der Waals surface area contributed by atoms with Gasteiger partial charge in [-0.2, -0.15) is 11.8 Å². The van der Waals surface area contributed by atoms with Crippen molar-refractivity contribution in [3.63, 3.8) is 0 Å². The molecule has 1 amide bonds. The fraction of sp³-hybridized carbons (Fsp3) is 0.800. The minimum atomic E-state index is -0.563. The van der Waals surface area contributed by atoms with Gasteiger partial charge in [-0.25, -0.2) is 4.79 Å². The summed E-state index contributed by atoms with van der Waals surface area (Å²) in [5.41, 5.74) is 5.63. The first-order valence-electron chi connectivity index (χ1n) is 5.58. The van der Waals surface area contributed by atoms with Gasteiger partial charge < -0.3 is 20.5 Å². The molecule has 0 aromatic rings. The number of ether oxygens (including phenoxy) is 2. The molecule has 1 heterocycles. The molecule has 1 rings (SSSR count). The van der Waals surface area contributed by atoms with E-state index in [1.807, 2.05) is 0 Å². The van der Waals surface area contributed by atoms with Crippen LogP contribution < -0.4 is 11.1 Å². The second kappa shape index (κ2) is 7.39. The Kier molecular flexibility index (Phi) is 6.13. The van der Waals surface area contributed by atoms with Crippen LogP contribution in [0.25, 0.3) is 0 Å². The van der Waals surface area contributed by atoms with E-state index in [1.54, 1.807) is 18.7 Å². The molecule has 7 heteroatoms. The van der Waals surface area contributed by atoms with Gasteiger partial charge in [0.1, 0.15) is 12.1 Å². The molecular formula is C10H18N2O4S. The molecule has 0 saturated carbocycles. The second-order valence-corrected chi connectivity index (χ2v) is 4.78. The standard InChI is InChI=1S/C10H18N2O4S/c1-2-15-9(13)8(11)3-4-17-6-7-5-12-10(14)16-7/h7-8H,2-6,11H2,1H3,(H,12,14). The molecule has 1 saturated heterocycles. The number of carbonyl (C=O) groups is 2. The van der Waals surface area contributed by atoms with E-state index in [1.165, 1.54) is 0 Å². The molecule has 3 N–H and O–H groups in total. The number of alkyl carbamates (subject to hydrolysis) is 1. The summed E-state index contributed by atoms with van der Waals surface area (Å²) in [5, 5.41) is 2.58. The lowest BCUT2D eigenvalue weighted by atomic mass is 10.2. The topological polar surface area (TPSA) is 90.6 Å². The summed E-state index contributed by atoms with van der Waals surface area (Å²) in [5.74, 6) is 1.10. The van der Waals surface area contributed by atoms with E-state index >= 15 is 0 Å². The van der Waals surface area contributed by atoms with Gasteiger partial charge in [-0.15, -0.1) is 0 Å². The van der Waals surface area contributed by atoms with E-state index in [-0.39, 0.29) is 18.2 Å². The first kappa shape index (κ1) is 14.1. The summed E-state index contributed by atoms with van der Waals surface area (Å²) in [7, 11) is 0. The number of nitrogens with two attached hydrogens (primary N) is 1. The molecule has 6 nitrogen and oxygen atoms in total. The number of hydrogen-bond acceptors (Lipinski definition) is 6. The summed E-state index contributed by atoms with van der Waals surface area (Å²) in [4.78, 5) is 21.9. The first-order valence-corrected chi connectivity index (χ1v) is 6.73. The monoisotopic (exact) mass is 262 g/mol. The van der Waals surface area contributed by atoms with Crippen LogP contribution in [0.5, 0.6) is 0 Å². The molecule has 0 bridgehead atoms. The van der Waals surface area contributed by atoms with Crippen LogP contribution in [0.4, 0.5) is 4.79 Å². The van der Waals surface area contributed by atoms with Crippen molar-refractivity contribution in [1.82, 2.24) is 5.32 Å². The number of hydrogen-bond donors (Lipinski definition) is 2. The second-order valence-electron chi connectivity index (χ2n) is 3.63. The minimum Gasteiger partial charge on any atom is -0.465 e. The SMILES string of the molecule is CCOC(=O)C(N)CCSCC1CNC(=O)O1. The predicted molar refractivity (Wildman–Crippen MR) is 64.8 cm³/mol. The van der Waals surface area contributed by atoms with Gasteiger partial charge in [0.15, 0.2) is 0 Å². The minimum absolute atomic E-state index is 0.0775. The van der Waals surface area contributed by atoms with Gasteiger partial charge in [0.2, 0.25) is 0 Å². The maximum absolute atomic E-state index is 11.2. The van der Waals surface area contributed by atoms with Gasteiger partial charge in [0.05, 0.1) is 13.2 Å². The number of rotatable bonds is 7. The lowest BCUT2D eigenvalue weighted by Crippen LogP contribution is -2.33. The Morgan fingerprint density at radius 1 is 1.76 bits per heavy atom. The molecule has 2 unspecified atom stereocenters. The summed E-state index contributed by atoms with van der Waals surface area (Å²) in [6.45, 7) is 2.65. The smallest absolute Gasteiger partial charge is 0.407 e. The molecule has 0 spiro atoms. The summed E-state index contributed by atoms with van der Waals surface area (Å²) in [6.07, 6.45) is 0.127. The van der Waals surface area contributed by atoms with Crippen molar-refractivity contribution in [2.45, 2.75) is 25.5 Å². The van der Waals surface area contributed by atoms with Crippen LogP contribution in [0.2, 0.25) is 0 Å². The Balaban J connectivity index is 2.03. The van der Waals surface area contributed by atoms with Crippen LogP contribution in [0, 0.1) is 0 Å². The van der Waals surface area contributed by atoms with Gasteiger partial charge in [0, 0.05) is 5.75 Å². The Morgan fingerprint density at radius 2 is 2.53 bits per heavy atom. The molecular weight excluding hydrogens is 244 g/mol. The van der Waals surface area contributed by atoms with Gasteiger partial charge in [0.25, 0.3) is 0 Å². The molecule has 98 valence electrons. The number of cyclic esters (lactones) is 1. The largest absolute Gasteiger partial charge is 0.465 e. The van der Waals surface area contributed by atoms with Crippen LogP contribution in [0.1, 0.15) is 13.3 Å². The molecule has 17 heavy (non-hydrogen) atoms. The van der Waals surface area contributed by atoms with Crippen molar-refractivity contribution in [3.8, 4) is 0 Å². The van der Waals surface area contributed by atoms with Crippen LogP contribution >= 0.6 is 11.8 Å². The highest BCUT2D eigenvalue weighted by atomic mass is 32.2. The Bertz CT molecular complexity index is 275. The highest BCUT2D eigenvalue weighted by Gasteiger charge is 2.22. The number of thioether (sulfide) groups is 1. The lowest BCUT2D eigenvalue weighted by molar-refractivity contribution is -0.144. The van der Waals surface area contributed by atoms with Crippen LogP contribution in [-0.4, -0.2) is 48.9 Å². The molecule has 0 aromatic heterocycles. The van der Waals surface area contributed by atoms with E-state index in [0.717, 1.165) is 5.75 Å². The van der Waals surface area contributed by atoms with Gasteiger partial charge in [-0.1, -0.05) is 0 Å². The number of carbonyl (C=O) groups excluding carboxylic acids is 2. The maximum Gasteiger partial charge on any atom is 0.407 e. The molecule has 0 aliphatic carbocycles. The van der Waals surface area contributed by atoms with Crippen LogP contribution in [0.15, 0.2) is 0 Å². The number of amides is 1. The van der Waals surface area contributed by atoms with E-state index in [4.69, 9.17) is 15.2 Å². The zero-order valence-electron chi connectivity index (χ0n) is 9.81. The summed E-state index contributed by atoms with van der Waals surface area (Å²) in [6, 6.07) is -0.563. The lowest BCUT2D eigenvalue weighted by Gasteiger charge is -2.11. The Labute approximate surface area is 105 Å². The highest BCUT2D eigenvalue weighted by Crippen LogP contribution is 2.11. The molecule has 0 aromatic carbocycles. The normalized spacial score (nSPS) is 20.6. The molecule has 1 aliphatic heterocycles. The average Bonchev–Trinajstić information content (AvgIpc) is 2.70. The van der Waals surface area contributed by atoms with Crippen LogP contribution in [0.3, 0.4) is 0 Å². The third-order valence-electron chi connectivity index (χ3n) is 2.21. The Hall–Kier alpha value is -0.950. The van der Waals surface area contributed by atoms with Gasteiger partial charge in [-0.3, -0.25) is 4.79 Å². The van der Waals surface area contributed by atoms with Crippen molar-refractivity contribution in [3.05, 3.63) is 0 Å². The molecule has 1 fully saturated rings. The Morgan fingerprint density at radius 3 is 3.12 bits per heavy atom. The molecule has 2 atom stereocenters. The van der Waals surface area contributed by atoms with E-state index in [2.05, 4.69) is 5.32 Å². The van der Waals surface area contributed by atoms with Crippen molar-refractivity contribution in [2.75, 3.05) is 24.7 Å². The van der Waals surface area contributed by atoms with Gasteiger partial charge >= 0.3 is 12.1 Å². The fourth-order valence-electron chi connectivity index (χ4n) is 1.32. The molecule has 0 radical (unpaired) electrons. The fourth-order valence-corrected chi connectivity index (χ4v) is 2.35. The van der Waals surface area contributed by atoms with Gasteiger partial charge in [-0.05, 0) is 19.1 Å². The maximum atomic E-state index is 11.2. The van der Waals surface area contributed by atoms with Crippen LogP contribution in [-0.2, 0) is 14.3 Å². The van der Waals surface area contributed by atoms with Crippen molar-refractivity contribution < 1.29 is 19.1 Å². The zero-order chi connectivity index (χ0) is 12.7.